The lowest BCUT2D eigenvalue weighted by molar-refractivity contribution is -0.197. The minimum atomic E-state index is -4.42. The molecule has 1 aromatic heterocycles. The maximum atomic E-state index is 14.9. The molecule has 2 aromatic rings. The number of nitrogens with one attached hydrogen (secondary N) is 1. The Morgan fingerprint density at radius 1 is 1.08 bits per heavy atom. The van der Waals surface area contributed by atoms with Gasteiger partial charge in [0.1, 0.15) is 23.3 Å². The molecule has 1 aromatic carbocycles. The topological polar surface area (TPSA) is 158 Å². The zero-order chi connectivity index (χ0) is 43.3. The second kappa shape index (κ2) is 16.3. The molecule has 6 rings (SSSR count). The summed E-state index contributed by atoms with van der Waals surface area (Å²) in [5, 5.41) is 0.824. The van der Waals surface area contributed by atoms with Crippen LogP contribution in [0.25, 0.3) is 10.8 Å². The van der Waals surface area contributed by atoms with Crippen LogP contribution in [0.1, 0.15) is 92.4 Å². The van der Waals surface area contributed by atoms with Crippen molar-refractivity contribution in [1.82, 2.24) is 14.6 Å². The van der Waals surface area contributed by atoms with Gasteiger partial charge in [-0.05, 0) is 93.7 Å². The van der Waals surface area contributed by atoms with E-state index in [1.54, 1.807) is 13.0 Å². The van der Waals surface area contributed by atoms with Crippen molar-refractivity contribution in [3.63, 3.8) is 0 Å². The first-order valence-electron chi connectivity index (χ1n) is 20.1. The molecule has 7 atom stereocenters. The smallest absolute Gasteiger partial charge is 0.307 e. The first-order chi connectivity index (χ1) is 27.5. The van der Waals surface area contributed by atoms with Gasteiger partial charge in [0, 0.05) is 31.2 Å². The van der Waals surface area contributed by atoms with Crippen LogP contribution in [0.3, 0.4) is 0 Å². The lowest BCUT2D eigenvalue weighted by atomic mass is 9.82. The number of esters is 1. The largest absolute Gasteiger partial charge is 0.481 e. The Kier molecular flexibility index (Phi) is 12.2. The van der Waals surface area contributed by atoms with Crippen LogP contribution < -0.4 is 14.2 Å². The number of allylic oxidation sites excluding steroid dienone is 2. The lowest BCUT2D eigenvalue weighted by Crippen LogP contribution is -2.49. The Morgan fingerprint density at radius 2 is 1.80 bits per heavy atom. The van der Waals surface area contributed by atoms with Gasteiger partial charge >= 0.3 is 5.97 Å². The van der Waals surface area contributed by atoms with E-state index >= 15 is 0 Å². The first-order valence-corrected chi connectivity index (χ1v) is 21.6. The Bertz CT molecular complexity index is 2120. The van der Waals surface area contributed by atoms with E-state index in [0.717, 1.165) is 13.8 Å². The van der Waals surface area contributed by atoms with E-state index in [2.05, 4.69) is 9.71 Å². The fraction of sp³-hybridized carbons (Fsp3) is 0.643. The van der Waals surface area contributed by atoms with Crippen molar-refractivity contribution < 1.29 is 59.4 Å². The number of Topliss-reactive ketones (excluding diaryl/α,β-unsaturated/α-hetero) is 1. The maximum absolute atomic E-state index is 14.9. The van der Waals surface area contributed by atoms with Crippen LogP contribution in [0.5, 0.6) is 11.8 Å². The van der Waals surface area contributed by atoms with E-state index in [9.17, 15) is 45.2 Å². The van der Waals surface area contributed by atoms with Crippen molar-refractivity contribution in [3.05, 3.63) is 42.2 Å². The van der Waals surface area contributed by atoms with Crippen LogP contribution in [0.4, 0.5) is 17.6 Å². The molecule has 59 heavy (non-hydrogen) atoms. The fourth-order valence-electron chi connectivity index (χ4n) is 8.36. The van der Waals surface area contributed by atoms with E-state index in [1.165, 1.54) is 36.3 Å². The van der Waals surface area contributed by atoms with E-state index in [-0.39, 0.29) is 49.9 Å². The van der Waals surface area contributed by atoms with Gasteiger partial charge in [-0.3, -0.25) is 23.9 Å². The molecule has 0 radical (unpaired) electrons. The number of hydrogen-bond acceptors (Lipinski definition) is 10. The SMILES string of the molecule is COc1cc2cc(F)ccc2c(O[C@@H]2C[C@H]3C(=O)C[C@]4(C(=O)NS(=O)(=O)C5(CF)CC5)C[C@H]4/C=C\CC[C@H](C)C[C@@H](C)[C@H](CC(=O)OC(C)(C)C(C)(F)F)C(=O)N3C2)n1. The van der Waals surface area contributed by atoms with Gasteiger partial charge < -0.3 is 19.1 Å². The number of nitrogens with zero attached hydrogens (tertiary/aromatic N) is 2. The Hall–Kier alpha value is -4.28. The Morgan fingerprint density at radius 3 is 2.44 bits per heavy atom. The summed E-state index contributed by atoms with van der Waals surface area (Å²) in [6.07, 6.45) is 3.54. The molecule has 12 nitrogen and oxygen atoms in total. The second-order valence-corrected chi connectivity index (χ2v) is 19.8. The van der Waals surface area contributed by atoms with Crippen molar-refractivity contribution in [1.29, 1.82) is 0 Å². The molecule has 1 saturated heterocycles. The minimum Gasteiger partial charge on any atom is -0.481 e. The van der Waals surface area contributed by atoms with Gasteiger partial charge in [0.15, 0.2) is 11.4 Å². The van der Waals surface area contributed by atoms with Crippen LogP contribution in [0, 0.1) is 34.9 Å². The number of amides is 2. The molecule has 2 aliphatic heterocycles. The van der Waals surface area contributed by atoms with E-state index in [1.807, 2.05) is 13.0 Å². The van der Waals surface area contributed by atoms with Gasteiger partial charge in [0.2, 0.25) is 33.6 Å². The van der Waals surface area contributed by atoms with Crippen LogP contribution in [0.2, 0.25) is 0 Å². The molecule has 2 saturated carbocycles. The van der Waals surface area contributed by atoms with Crippen LogP contribution >= 0.6 is 0 Å². The van der Waals surface area contributed by atoms with Gasteiger partial charge in [-0.2, -0.15) is 4.98 Å². The van der Waals surface area contributed by atoms with Gasteiger partial charge in [-0.1, -0.05) is 26.0 Å². The zero-order valence-electron chi connectivity index (χ0n) is 34.2. The molecule has 324 valence electrons. The summed E-state index contributed by atoms with van der Waals surface area (Å²) in [6.45, 7) is 5.18. The number of ketones is 1. The summed E-state index contributed by atoms with van der Waals surface area (Å²) < 4.78 is 101. The standard InChI is InChI=1S/C42H53F4N3O9S/c1-24-9-7-8-10-27-20-42(27,38(53)48-59(54,55)41(23-43)13-14-41)21-33(50)32-18-29(57-36-30-12-11-28(44)16-26(30)17-34(47-36)56-6)22-49(32)37(52)31(25(2)15-24)19-35(51)58-39(3,4)40(5,45)46/h8,10-12,16-17,24-25,27,29,31-32H,7,9,13-15,18-23H2,1-6H3,(H,48,53)/b10-8-/t24-,25+,27+,29+,31-,32-,42+/m0/s1. The van der Waals surface area contributed by atoms with Crippen molar-refractivity contribution in [2.45, 2.75) is 121 Å². The van der Waals surface area contributed by atoms with Gasteiger partial charge in [0.05, 0.1) is 37.5 Å². The van der Waals surface area contributed by atoms with Crippen LogP contribution in [-0.4, -0.2) is 90.6 Å². The molecule has 17 heteroatoms. The summed E-state index contributed by atoms with van der Waals surface area (Å²) in [6, 6.07) is 4.24. The minimum absolute atomic E-state index is 0.0136. The number of carbonyl (C=O) groups excluding carboxylic acids is 4. The highest BCUT2D eigenvalue weighted by Gasteiger charge is 2.63. The molecule has 3 heterocycles. The van der Waals surface area contributed by atoms with Gasteiger partial charge in [-0.15, -0.1) is 0 Å². The summed E-state index contributed by atoms with van der Waals surface area (Å²) in [5.41, 5.74) is -3.70. The van der Waals surface area contributed by atoms with E-state index < -0.39 is 111 Å². The number of benzene rings is 1. The number of ether oxygens (including phenoxy) is 3. The summed E-state index contributed by atoms with van der Waals surface area (Å²) in [7, 11) is -3.05. The Balaban J connectivity index is 1.37. The van der Waals surface area contributed by atoms with Crippen molar-refractivity contribution in [3.8, 4) is 11.8 Å². The molecular formula is C42H53F4N3O9S. The molecule has 2 amide bonds. The number of rotatable bonds is 11. The number of halogens is 4. The van der Waals surface area contributed by atoms with Crippen LogP contribution in [0.15, 0.2) is 36.4 Å². The van der Waals surface area contributed by atoms with Crippen molar-refractivity contribution in [2.75, 3.05) is 20.3 Å². The van der Waals surface area contributed by atoms with Gasteiger partial charge in [0.25, 0.3) is 5.92 Å². The number of methoxy groups -OCH3 is 1. The average Bonchev–Trinajstić information content (AvgIpc) is 4.05. The molecule has 4 aliphatic rings. The maximum Gasteiger partial charge on any atom is 0.307 e. The number of hydrogen-bond donors (Lipinski definition) is 1. The third-order valence-electron chi connectivity index (χ3n) is 12.8. The van der Waals surface area contributed by atoms with E-state index in [0.29, 0.717) is 37.0 Å². The number of carbonyl (C=O) groups is 4. The van der Waals surface area contributed by atoms with Gasteiger partial charge in [-0.25, -0.2) is 26.0 Å². The van der Waals surface area contributed by atoms with E-state index in [4.69, 9.17) is 14.2 Å². The fourth-order valence-corrected chi connectivity index (χ4v) is 9.81. The normalized spacial score (nSPS) is 29.4. The summed E-state index contributed by atoms with van der Waals surface area (Å²) in [4.78, 5) is 62.6. The molecule has 0 bridgehead atoms. The summed E-state index contributed by atoms with van der Waals surface area (Å²) in [5.74, 6) is -9.05. The second-order valence-electron chi connectivity index (χ2n) is 17.7. The third kappa shape index (κ3) is 9.09. The quantitative estimate of drug-likeness (QED) is 0.148. The number of fused-ring (bicyclic) bond motifs is 3. The number of sulfonamides is 1. The first kappa shape index (κ1) is 44.3. The number of aromatic nitrogens is 1. The van der Waals surface area contributed by atoms with Crippen molar-refractivity contribution in [2.24, 2.45) is 29.1 Å². The zero-order valence-corrected chi connectivity index (χ0v) is 35.0. The predicted molar refractivity (Wildman–Crippen MR) is 208 cm³/mol. The highest BCUT2D eigenvalue weighted by molar-refractivity contribution is 7.91. The number of pyridine rings is 1. The molecular weight excluding hydrogens is 799 g/mol. The Labute approximate surface area is 341 Å². The molecule has 2 aliphatic carbocycles. The molecule has 3 fully saturated rings. The molecule has 0 spiro atoms. The molecule has 1 N–H and O–H groups in total. The monoisotopic (exact) mass is 851 g/mol. The van der Waals surface area contributed by atoms with Crippen molar-refractivity contribution >= 4 is 44.4 Å². The average molecular weight is 852 g/mol. The highest BCUT2D eigenvalue weighted by Crippen LogP contribution is 2.58. The van der Waals surface area contributed by atoms with Crippen LogP contribution in [-0.2, 0) is 33.9 Å². The summed E-state index contributed by atoms with van der Waals surface area (Å²) >= 11 is 0. The highest BCUT2D eigenvalue weighted by atomic mass is 32.2. The predicted octanol–water partition coefficient (Wildman–Crippen LogP) is 6.64. The lowest BCUT2D eigenvalue weighted by Gasteiger charge is -2.34. The molecule has 0 unspecified atom stereocenters. The third-order valence-corrected chi connectivity index (χ3v) is 15.0. The number of alkyl halides is 3.